The maximum atomic E-state index is 12.9. The molecule has 3 unspecified atom stereocenters. The quantitative estimate of drug-likeness (QED) is 0.0197. The lowest BCUT2D eigenvalue weighted by atomic mass is 10.1. The highest BCUT2D eigenvalue weighted by Gasteiger charge is 2.28. The van der Waals surface area contributed by atoms with Crippen LogP contribution in [0.3, 0.4) is 0 Å². The molecule has 0 bridgehead atoms. The Morgan fingerprint density at radius 2 is 0.771 bits per heavy atom. The fourth-order valence-electron chi connectivity index (χ4n) is 7.07. The molecule has 0 aliphatic carbocycles. The van der Waals surface area contributed by atoms with E-state index in [1.807, 2.05) is 0 Å². The fourth-order valence-corrected chi connectivity index (χ4v) is 7.85. The highest BCUT2D eigenvalue weighted by Crippen LogP contribution is 2.43. The van der Waals surface area contributed by atoms with Crippen LogP contribution in [0.15, 0.2) is 85.1 Å². The number of phosphoric ester groups is 1. The van der Waals surface area contributed by atoms with E-state index in [0.29, 0.717) is 19.3 Å². The lowest BCUT2D eigenvalue weighted by molar-refractivity contribution is -0.161. The van der Waals surface area contributed by atoms with Crippen LogP contribution in [0.5, 0.6) is 0 Å². The molecule has 0 amide bonds. The zero-order valence-electron chi connectivity index (χ0n) is 44.2. The summed E-state index contributed by atoms with van der Waals surface area (Å²) in [6.45, 7) is 4.37. The number of aliphatic hydroxyl groups excluding tert-OH is 1. The minimum absolute atomic E-state index is 0.145. The van der Waals surface area contributed by atoms with Gasteiger partial charge in [0.1, 0.15) is 12.7 Å². The van der Waals surface area contributed by atoms with Crippen LogP contribution in [0.4, 0.5) is 0 Å². The summed E-state index contributed by atoms with van der Waals surface area (Å²) in [4.78, 5) is 48.4. The molecule has 0 aromatic carbocycles. The molecule has 0 heterocycles. The molecule has 402 valence electrons. The first-order chi connectivity index (χ1) is 34.2. The molecule has 12 heteroatoms. The molecule has 0 aromatic rings. The molecule has 0 saturated carbocycles. The van der Waals surface area contributed by atoms with Crippen LogP contribution in [0.1, 0.15) is 226 Å². The molecule has 70 heavy (non-hydrogen) atoms. The van der Waals surface area contributed by atoms with Gasteiger partial charge in [-0.2, -0.15) is 0 Å². The largest absolute Gasteiger partial charge is 0.472 e. The molecule has 0 aromatic heterocycles. The van der Waals surface area contributed by atoms with Crippen LogP contribution in [-0.4, -0.2) is 66.5 Å². The van der Waals surface area contributed by atoms with Crippen molar-refractivity contribution in [3.8, 4) is 0 Å². The number of esters is 3. The number of carbonyl (C=O) groups excluding carboxylic acids is 3. The Bertz CT molecular complexity index is 1500. The lowest BCUT2D eigenvalue weighted by Gasteiger charge is -2.21. The van der Waals surface area contributed by atoms with Gasteiger partial charge in [0, 0.05) is 19.3 Å². The summed E-state index contributed by atoms with van der Waals surface area (Å²) in [6, 6.07) is 0. The Kier molecular flexibility index (Phi) is 49.5. The average Bonchev–Trinajstić information content (AvgIpc) is 3.35. The Morgan fingerprint density at radius 3 is 1.21 bits per heavy atom. The topological polar surface area (TPSA) is 155 Å². The average molecular weight is 1000 g/mol. The number of unbranched alkanes of at least 4 members (excludes halogenated alkanes) is 19. The number of aliphatic hydroxyl groups is 1. The van der Waals surface area contributed by atoms with E-state index >= 15 is 0 Å². The van der Waals surface area contributed by atoms with E-state index in [2.05, 4.69) is 106 Å². The third kappa shape index (κ3) is 49.6. The molecule has 11 nitrogen and oxygen atoms in total. The van der Waals surface area contributed by atoms with Crippen LogP contribution in [0.2, 0.25) is 0 Å². The van der Waals surface area contributed by atoms with E-state index in [1.54, 1.807) is 0 Å². The standard InChI is InChI=1S/C58H99O11P/c1-4-7-10-13-16-19-22-24-25-26-27-28-29-31-34-37-40-43-46-49-58(62)69-55(51-65-56(60)47-44-41-38-35-33-30-23-20-17-14-11-8-5-2)53-67-70(63,64)66-52-54(50-59)68-57(61)48-45-42-39-36-32-21-18-15-12-9-6-3/h7,10-11,14-16,18-20,23-25,27-28,54-55,59H,4-6,8-9,12-13,17,21-22,26,29-53H2,1-3H3,(H,63,64)/b10-7-,14-11-,18-15-,19-16-,23-20-,25-24-,28-27-. The predicted octanol–water partition coefficient (Wildman–Crippen LogP) is 15.9. The summed E-state index contributed by atoms with van der Waals surface area (Å²) >= 11 is 0. The molecule has 0 rings (SSSR count). The van der Waals surface area contributed by atoms with E-state index in [-0.39, 0.29) is 25.9 Å². The van der Waals surface area contributed by atoms with Crippen molar-refractivity contribution in [2.75, 3.05) is 26.4 Å². The molecule has 0 spiro atoms. The van der Waals surface area contributed by atoms with E-state index in [0.717, 1.165) is 148 Å². The van der Waals surface area contributed by atoms with Gasteiger partial charge in [-0.3, -0.25) is 23.4 Å². The molecular weight excluding hydrogens is 904 g/mol. The van der Waals surface area contributed by atoms with Crippen LogP contribution in [0, 0.1) is 0 Å². The van der Waals surface area contributed by atoms with Crippen LogP contribution < -0.4 is 0 Å². The smallest absolute Gasteiger partial charge is 0.462 e. The summed E-state index contributed by atoms with van der Waals surface area (Å²) in [5.74, 6) is -1.51. The number of carbonyl (C=O) groups is 3. The number of hydrogen-bond donors (Lipinski definition) is 2. The Morgan fingerprint density at radius 1 is 0.414 bits per heavy atom. The minimum atomic E-state index is -4.75. The second kappa shape index (κ2) is 52.0. The van der Waals surface area contributed by atoms with E-state index in [4.69, 9.17) is 23.3 Å². The Balaban J connectivity index is 4.78. The first-order valence-electron chi connectivity index (χ1n) is 27.5. The fraction of sp³-hybridized carbons (Fsp3) is 0.707. The Labute approximate surface area is 426 Å². The summed E-state index contributed by atoms with van der Waals surface area (Å²) in [5.41, 5.74) is 0. The van der Waals surface area contributed by atoms with Crippen molar-refractivity contribution in [1.29, 1.82) is 0 Å². The molecule has 0 aliphatic heterocycles. The van der Waals surface area contributed by atoms with Crippen molar-refractivity contribution in [1.82, 2.24) is 0 Å². The van der Waals surface area contributed by atoms with Gasteiger partial charge < -0.3 is 24.2 Å². The molecule has 0 aliphatic rings. The maximum Gasteiger partial charge on any atom is 0.472 e. The minimum Gasteiger partial charge on any atom is -0.462 e. The lowest BCUT2D eigenvalue weighted by Crippen LogP contribution is -2.30. The number of hydrogen-bond acceptors (Lipinski definition) is 10. The number of ether oxygens (including phenoxy) is 3. The first kappa shape index (κ1) is 66.7. The summed E-state index contributed by atoms with van der Waals surface area (Å²) < 4.78 is 39.4. The van der Waals surface area contributed by atoms with E-state index in [9.17, 15) is 28.9 Å². The van der Waals surface area contributed by atoms with E-state index < -0.39 is 57.8 Å². The van der Waals surface area contributed by atoms with Gasteiger partial charge in [-0.05, 0) is 103 Å². The first-order valence-corrected chi connectivity index (χ1v) is 29.0. The van der Waals surface area contributed by atoms with Gasteiger partial charge in [-0.15, -0.1) is 0 Å². The summed E-state index contributed by atoms with van der Waals surface area (Å²) in [5, 5.41) is 9.78. The highest BCUT2D eigenvalue weighted by atomic mass is 31.2. The van der Waals surface area contributed by atoms with Crippen LogP contribution in [0.25, 0.3) is 0 Å². The van der Waals surface area contributed by atoms with Crippen molar-refractivity contribution < 1.29 is 52.2 Å². The van der Waals surface area contributed by atoms with Crippen molar-refractivity contribution in [3.05, 3.63) is 85.1 Å². The SMILES string of the molecule is CC/C=C\C/C=C\C/C=C\C/C=C\CCCCCCCCC(=O)OC(COC(=O)CCCCCCC/C=C\C/C=C\CCC)COP(=O)(O)OCC(CO)OC(=O)CCCCCCC/C=C\CCCC. The summed E-state index contributed by atoms with van der Waals surface area (Å²) in [7, 11) is -4.75. The maximum absolute atomic E-state index is 12.9. The highest BCUT2D eigenvalue weighted by molar-refractivity contribution is 7.47. The normalized spacial score (nSPS) is 14.1. The van der Waals surface area contributed by atoms with Gasteiger partial charge in [-0.25, -0.2) is 4.57 Å². The molecule has 3 atom stereocenters. The van der Waals surface area contributed by atoms with Crippen molar-refractivity contribution in [2.24, 2.45) is 0 Å². The number of phosphoric acid groups is 1. The zero-order chi connectivity index (χ0) is 51.3. The third-order valence-corrected chi connectivity index (χ3v) is 12.2. The third-order valence-electron chi connectivity index (χ3n) is 11.3. The van der Waals surface area contributed by atoms with Crippen molar-refractivity contribution in [2.45, 2.75) is 238 Å². The molecule has 0 radical (unpaired) electrons. The Hall–Kier alpha value is -3.34. The van der Waals surface area contributed by atoms with Crippen LogP contribution >= 0.6 is 7.82 Å². The number of allylic oxidation sites excluding steroid dienone is 14. The van der Waals surface area contributed by atoms with Gasteiger partial charge in [0.2, 0.25) is 0 Å². The summed E-state index contributed by atoms with van der Waals surface area (Å²) in [6.07, 6.45) is 58.3. The van der Waals surface area contributed by atoms with E-state index in [1.165, 1.54) is 19.3 Å². The van der Waals surface area contributed by atoms with Crippen LogP contribution in [-0.2, 0) is 42.2 Å². The van der Waals surface area contributed by atoms with Crippen molar-refractivity contribution >= 4 is 25.7 Å². The van der Waals surface area contributed by atoms with Gasteiger partial charge in [0.05, 0.1) is 19.8 Å². The van der Waals surface area contributed by atoms with Crippen molar-refractivity contribution in [3.63, 3.8) is 0 Å². The molecule has 0 fully saturated rings. The van der Waals surface area contributed by atoms with Gasteiger partial charge in [-0.1, -0.05) is 189 Å². The van der Waals surface area contributed by atoms with Gasteiger partial charge in [0.25, 0.3) is 0 Å². The molecule has 0 saturated heterocycles. The van der Waals surface area contributed by atoms with Gasteiger partial charge >= 0.3 is 25.7 Å². The molecule has 2 N–H and O–H groups in total. The number of rotatable bonds is 50. The van der Waals surface area contributed by atoms with Gasteiger partial charge in [0.15, 0.2) is 6.10 Å². The molecular formula is C58H99O11P. The second-order valence-electron chi connectivity index (χ2n) is 18.0. The second-order valence-corrected chi connectivity index (χ2v) is 19.5. The predicted molar refractivity (Wildman–Crippen MR) is 288 cm³/mol. The monoisotopic (exact) mass is 1000 g/mol. The zero-order valence-corrected chi connectivity index (χ0v) is 45.1.